The number of rotatable bonds is 11. The monoisotopic (exact) mass is 278 g/mol. The van der Waals surface area contributed by atoms with E-state index in [0.717, 1.165) is 32.3 Å². The minimum Gasteiger partial charge on any atom is -0.373 e. The van der Waals surface area contributed by atoms with Gasteiger partial charge in [-0.2, -0.15) is 0 Å². The molecule has 0 aromatic carbocycles. The summed E-state index contributed by atoms with van der Waals surface area (Å²) < 4.78 is 21.2. The Hall–Kier alpha value is 0.0169. The Morgan fingerprint density at radius 1 is 1.28 bits per heavy atom. The number of hydrogen-bond acceptors (Lipinski definition) is 5. The molecular weight excluding hydrogens is 252 g/mol. The van der Waals surface area contributed by atoms with E-state index >= 15 is 0 Å². The van der Waals surface area contributed by atoms with Crippen LogP contribution in [0.3, 0.4) is 0 Å². The van der Waals surface area contributed by atoms with Gasteiger partial charge in [-0.15, -0.1) is 0 Å². The van der Waals surface area contributed by atoms with Crippen LogP contribution in [0, 0.1) is 0 Å². The summed E-state index contributed by atoms with van der Waals surface area (Å²) in [5.41, 5.74) is 0. The third-order valence-corrected chi connectivity index (χ3v) is 4.80. The lowest BCUT2D eigenvalue weighted by Crippen LogP contribution is -2.48. The third-order valence-electron chi connectivity index (χ3n) is 2.79. The van der Waals surface area contributed by atoms with Crippen LogP contribution in [0.5, 0.6) is 0 Å². The van der Waals surface area contributed by atoms with Crippen molar-refractivity contribution in [3.05, 3.63) is 0 Å². The Kier molecular flexibility index (Phi) is 7.36. The molecule has 18 heavy (non-hydrogen) atoms. The van der Waals surface area contributed by atoms with Gasteiger partial charge in [-0.3, -0.25) is 0 Å². The molecular formula is C12H26O5Si. The van der Waals surface area contributed by atoms with E-state index in [-0.39, 0.29) is 6.10 Å². The molecule has 1 heterocycles. The van der Waals surface area contributed by atoms with E-state index in [1.807, 2.05) is 20.8 Å². The van der Waals surface area contributed by atoms with Crippen molar-refractivity contribution in [3.8, 4) is 0 Å². The first-order valence-corrected chi connectivity index (χ1v) is 8.56. The van der Waals surface area contributed by atoms with Crippen molar-refractivity contribution in [1.82, 2.24) is 0 Å². The largest absolute Gasteiger partial charge is 0.677 e. The maximum atomic E-state index is 10.1. The first-order chi connectivity index (χ1) is 8.59. The van der Waals surface area contributed by atoms with Crippen molar-refractivity contribution in [2.45, 2.75) is 58.7 Å². The molecule has 0 amide bonds. The van der Waals surface area contributed by atoms with Gasteiger partial charge in [0.2, 0.25) is 0 Å². The van der Waals surface area contributed by atoms with Crippen LogP contribution in [0.2, 0.25) is 0 Å². The molecule has 0 bridgehead atoms. The molecule has 1 saturated heterocycles. The highest BCUT2D eigenvalue weighted by Crippen LogP contribution is 2.19. The lowest BCUT2D eigenvalue weighted by Gasteiger charge is -2.25. The SMILES string of the molecule is CCO[Si](O)(OCC)OC(C)CCCCC1CO1. The Labute approximate surface area is 111 Å². The standard InChI is InChI=1S/C12H26O5Si/c1-4-15-18(13,16-5-2)17-11(3)8-6-7-9-12-10-14-12/h11-13H,4-10H2,1-3H3. The second-order valence-corrected chi connectivity index (χ2v) is 6.42. The van der Waals surface area contributed by atoms with Gasteiger partial charge in [0.1, 0.15) is 0 Å². The molecule has 6 heteroatoms. The van der Waals surface area contributed by atoms with Crippen molar-refractivity contribution in [1.29, 1.82) is 0 Å². The lowest BCUT2D eigenvalue weighted by atomic mass is 10.1. The van der Waals surface area contributed by atoms with Crippen LogP contribution in [-0.4, -0.2) is 45.9 Å². The van der Waals surface area contributed by atoms with E-state index < -0.39 is 9.05 Å². The molecule has 0 spiro atoms. The topological polar surface area (TPSA) is 60.5 Å². The van der Waals surface area contributed by atoms with Crippen LogP contribution >= 0.6 is 0 Å². The van der Waals surface area contributed by atoms with Crippen LogP contribution in [-0.2, 0) is 18.0 Å². The van der Waals surface area contributed by atoms with Gasteiger partial charge in [-0.05, 0) is 33.6 Å². The fourth-order valence-electron chi connectivity index (χ4n) is 1.83. The fourth-order valence-corrected chi connectivity index (χ4v) is 3.40. The smallest absolute Gasteiger partial charge is 0.373 e. The molecule has 1 N–H and O–H groups in total. The van der Waals surface area contributed by atoms with Crippen molar-refractivity contribution >= 4 is 9.05 Å². The molecule has 2 atom stereocenters. The van der Waals surface area contributed by atoms with Crippen molar-refractivity contribution in [2.75, 3.05) is 19.8 Å². The quantitative estimate of drug-likeness (QED) is 0.355. The minimum atomic E-state index is -3.41. The molecule has 0 aromatic rings. The highest BCUT2D eigenvalue weighted by atomic mass is 28.4. The van der Waals surface area contributed by atoms with Crippen LogP contribution in [0.25, 0.3) is 0 Å². The van der Waals surface area contributed by atoms with Crippen LogP contribution in [0.4, 0.5) is 0 Å². The first-order valence-electron chi connectivity index (χ1n) is 6.89. The molecule has 1 fully saturated rings. The number of ether oxygens (including phenoxy) is 1. The second kappa shape index (κ2) is 8.24. The summed E-state index contributed by atoms with van der Waals surface area (Å²) in [7, 11) is -3.41. The fraction of sp³-hybridized carbons (Fsp3) is 1.00. The zero-order valence-electron chi connectivity index (χ0n) is 11.7. The van der Waals surface area contributed by atoms with Gasteiger partial charge in [0.05, 0.1) is 12.7 Å². The number of hydrogen-bond donors (Lipinski definition) is 1. The third kappa shape index (κ3) is 6.82. The normalized spacial score (nSPS) is 21.0. The molecule has 1 aliphatic heterocycles. The minimum absolute atomic E-state index is 0.0418. The van der Waals surface area contributed by atoms with Crippen molar-refractivity contribution < 1.29 is 22.8 Å². The summed E-state index contributed by atoms with van der Waals surface area (Å²) in [6, 6.07) is 0. The summed E-state index contributed by atoms with van der Waals surface area (Å²) in [5.74, 6) is 0. The van der Waals surface area contributed by atoms with Gasteiger partial charge >= 0.3 is 9.05 Å². The zero-order chi connectivity index (χ0) is 13.4. The molecule has 108 valence electrons. The Balaban J connectivity index is 2.15. The molecule has 1 aliphatic rings. The van der Waals surface area contributed by atoms with Crippen LogP contribution in [0.1, 0.15) is 46.5 Å². The molecule has 0 radical (unpaired) electrons. The van der Waals surface area contributed by atoms with Gasteiger partial charge in [0.25, 0.3) is 0 Å². The summed E-state index contributed by atoms with van der Waals surface area (Å²) in [5, 5.41) is 0. The molecule has 0 aliphatic carbocycles. The van der Waals surface area contributed by atoms with Crippen molar-refractivity contribution in [2.24, 2.45) is 0 Å². The Morgan fingerprint density at radius 2 is 1.89 bits per heavy atom. The maximum absolute atomic E-state index is 10.1. The van der Waals surface area contributed by atoms with E-state index in [1.54, 1.807) is 0 Å². The Bertz CT molecular complexity index is 217. The van der Waals surface area contributed by atoms with Gasteiger partial charge in [0.15, 0.2) is 0 Å². The van der Waals surface area contributed by atoms with E-state index in [0.29, 0.717) is 19.3 Å². The van der Waals surface area contributed by atoms with E-state index in [4.69, 9.17) is 18.0 Å². The summed E-state index contributed by atoms with van der Waals surface area (Å²) >= 11 is 0. The van der Waals surface area contributed by atoms with Gasteiger partial charge in [-0.1, -0.05) is 12.8 Å². The predicted octanol–water partition coefficient (Wildman–Crippen LogP) is 1.85. The molecule has 0 aromatic heterocycles. The predicted molar refractivity (Wildman–Crippen MR) is 70.0 cm³/mol. The van der Waals surface area contributed by atoms with Crippen LogP contribution < -0.4 is 0 Å². The highest BCUT2D eigenvalue weighted by molar-refractivity contribution is 6.51. The lowest BCUT2D eigenvalue weighted by molar-refractivity contribution is -0.0260. The molecule has 1 rings (SSSR count). The van der Waals surface area contributed by atoms with Gasteiger partial charge in [-0.25, -0.2) is 0 Å². The highest BCUT2D eigenvalue weighted by Gasteiger charge is 2.42. The van der Waals surface area contributed by atoms with E-state index in [1.165, 1.54) is 0 Å². The second-order valence-electron chi connectivity index (χ2n) is 4.56. The van der Waals surface area contributed by atoms with E-state index in [2.05, 4.69) is 0 Å². The summed E-state index contributed by atoms with van der Waals surface area (Å²) in [4.78, 5) is 10.1. The zero-order valence-corrected chi connectivity index (χ0v) is 12.7. The molecule has 5 nitrogen and oxygen atoms in total. The molecule has 0 saturated carbocycles. The van der Waals surface area contributed by atoms with Gasteiger partial charge < -0.3 is 22.8 Å². The number of unbranched alkanes of at least 4 members (excludes halogenated alkanes) is 1. The maximum Gasteiger partial charge on any atom is 0.677 e. The average molecular weight is 278 g/mol. The molecule has 2 unspecified atom stereocenters. The van der Waals surface area contributed by atoms with Gasteiger partial charge in [0, 0.05) is 19.3 Å². The summed E-state index contributed by atoms with van der Waals surface area (Å²) in [6.07, 6.45) is 4.71. The number of epoxide rings is 1. The van der Waals surface area contributed by atoms with E-state index in [9.17, 15) is 4.80 Å². The van der Waals surface area contributed by atoms with Crippen molar-refractivity contribution in [3.63, 3.8) is 0 Å². The Morgan fingerprint density at radius 3 is 2.39 bits per heavy atom. The summed E-state index contributed by atoms with van der Waals surface area (Å²) in [6.45, 7) is 7.31. The van der Waals surface area contributed by atoms with Crippen LogP contribution in [0.15, 0.2) is 0 Å². The first kappa shape index (κ1) is 16.1. The average Bonchev–Trinajstić information content (AvgIpc) is 3.08.